The van der Waals surface area contributed by atoms with E-state index in [9.17, 15) is 4.79 Å². The number of carbonyl (C=O) groups is 1. The number of anilines is 1. The van der Waals surface area contributed by atoms with Crippen LogP contribution in [0.1, 0.15) is 5.56 Å². The summed E-state index contributed by atoms with van der Waals surface area (Å²) in [5.74, 6) is -1.23. The Kier molecular flexibility index (Phi) is 3.87. The van der Waals surface area contributed by atoms with Gasteiger partial charge in [-0.2, -0.15) is 5.26 Å². The van der Waals surface area contributed by atoms with Gasteiger partial charge in [0, 0.05) is 5.69 Å². The first-order valence-electron chi connectivity index (χ1n) is 4.51. The average Bonchev–Trinajstić information content (AvgIpc) is 2.26. The van der Waals surface area contributed by atoms with E-state index >= 15 is 0 Å². The van der Waals surface area contributed by atoms with Crippen molar-refractivity contribution < 1.29 is 9.90 Å². The van der Waals surface area contributed by atoms with Crippen LogP contribution in [0.4, 0.5) is 5.69 Å². The van der Waals surface area contributed by atoms with Crippen molar-refractivity contribution in [1.82, 2.24) is 0 Å². The van der Waals surface area contributed by atoms with E-state index in [2.05, 4.69) is 0 Å². The number of allylic oxidation sites excluding steroid dienone is 2. The monoisotopic (exact) mass is 214 g/mol. The van der Waals surface area contributed by atoms with Gasteiger partial charge in [-0.25, -0.2) is 4.79 Å². The Hall–Kier alpha value is -2.54. The molecule has 0 spiro atoms. The van der Waals surface area contributed by atoms with Crippen LogP contribution in [0.15, 0.2) is 42.0 Å². The number of nitriles is 1. The standard InChI is InChI=1S/C12H10N2O2/c13-8-10(12(15)16)3-1-2-9-4-6-11(14)7-5-9/h1-7H,14H2,(H,15,16). The molecule has 3 N–H and O–H groups in total. The van der Waals surface area contributed by atoms with E-state index in [0.717, 1.165) is 5.56 Å². The van der Waals surface area contributed by atoms with E-state index in [1.807, 2.05) is 0 Å². The molecule has 1 rings (SSSR count). The van der Waals surface area contributed by atoms with Gasteiger partial charge in [-0.1, -0.05) is 24.3 Å². The first-order valence-corrected chi connectivity index (χ1v) is 4.51. The lowest BCUT2D eigenvalue weighted by Gasteiger charge is -1.93. The van der Waals surface area contributed by atoms with Gasteiger partial charge in [-0.3, -0.25) is 0 Å². The highest BCUT2D eigenvalue weighted by Gasteiger charge is 2.02. The molecule has 0 amide bonds. The summed E-state index contributed by atoms with van der Waals surface area (Å²) in [5.41, 5.74) is 6.75. The van der Waals surface area contributed by atoms with Gasteiger partial charge in [0.15, 0.2) is 0 Å². The van der Waals surface area contributed by atoms with Gasteiger partial charge in [0.05, 0.1) is 0 Å². The molecule has 0 unspecified atom stereocenters. The van der Waals surface area contributed by atoms with E-state index in [4.69, 9.17) is 16.1 Å². The van der Waals surface area contributed by atoms with Gasteiger partial charge < -0.3 is 10.8 Å². The molecule has 0 bridgehead atoms. The lowest BCUT2D eigenvalue weighted by Crippen LogP contribution is -1.96. The normalized spacial score (nSPS) is 11.3. The third kappa shape index (κ3) is 3.31. The molecule has 0 radical (unpaired) electrons. The van der Waals surface area contributed by atoms with Crippen molar-refractivity contribution in [3.63, 3.8) is 0 Å². The lowest BCUT2D eigenvalue weighted by molar-refractivity contribution is -0.132. The number of hydrogen-bond donors (Lipinski definition) is 2. The van der Waals surface area contributed by atoms with E-state index in [1.54, 1.807) is 36.4 Å². The number of hydrogen-bond acceptors (Lipinski definition) is 3. The fraction of sp³-hybridized carbons (Fsp3) is 0. The number of aliphatic carboxylic acids is 1. The molecule has 16 heavy (non-hydrogen) atoms. The van der Waals surface area contributed by atoms with Gasteiger partial charge in [-0.15, -0.1) is 0 Å². The molecule has 0 fully saturated rings. The van der Waals surface area contributed by atoms with Crippen LogP contribution in [0.3, 0.4) is 0 Å². The summed E-state index contributed by atoms with van der Waals surface area (Å²) in [5, 5.41) is 17.0. The molecule has 1 aromatic carbocycles. The number of benzene rings is 1. The van der Waals surface area contributed by atoms with E-state index < -0.39 is 5.97 Å². The summed E-state index contributed by atoms with van der Waals surface area (Å²) in [6.07, 6.45) is 4.45. The van der Waals surface area contributed by atoms with Crippen molar-refractivity contribution >= 4 is 17.7 Å². The first kappa shape index (κ1) is 11.5. The second kappa shape index (κ2) is 5.37. The largest absolute Gasteiger partial charge is 0.477 e. The molecule has 0 atom stereocenters. The van der Waals surface area contributed by atoms with Gasteiger partial charge >= 0.3 is 5.97 Å². The summed E-state index contributed by atoms with van der Waals surface area (Å²) in [6, 6.07) is 8.67. The number of carboxylic acids is 1. The highest BCUT2D eigenvalue weighted by molar-refractivity contribution is 5.91. The Morgan fingerprint density at radius 3 is 2.50 bits per heavy atom. The Morgan fingerprint density at radius 2 is 2.00 bits per heavy atom. The minimum absolute atomic E-state index is 0.299. The molecule has 1 aromatic rings. The number of carboxylic acid groups (broad SMARTS) is 1. The van der Waals surface area contributed by atoms with Crippen LogP contribution in [-0.4, -0.2) is 11.1 Å². The minimum Gasteiger partial charge on any atom is -0.477 e. The van der Waals surface area contributed by atoms with Crippen molar-refractivity contribution in [1.29, 1.82) is 5.26 Å². The van der Waals surface area contributed by atoms with Crippen molar-refractivity contribution in [3.8, 4) is 6.07 Å². The molecule has 0 aromatic heterocycles. The smallest absolute Gasteiger partial charge is 0.346 e. The van der Waals surface area contributed by atoms with Gasteiger partial charge in [0.25, 0.3) is 0 Å². The zero-order valence-electron chi connectivity index (χ0n) is 8.42. The van der Waals surface area contributed by atoms with Gasteiger partial charge in [0.1, 0.15) is 11.6 Å². The Bertz CT molecular complexity index is 479. The summed E-state index contributed by atoms with van der Waals surface area (Å²) in [6.45, 7) is 0. The summed E-state index contributed by atoms with van der Waals surface area (Å²) >= 11 is 0. The number of nitrogens with two attached hydrogens (primary N) is 1. The van der Waals surface area contributed by atoms with E-state index in [1.165, 1.54) is 12.2 Å². The molecule has 0 heterocycles. The fourth-order valence-corrected chi connectivity index (χ4v) is 1.02. The van der Waals surface area contributed by atoms with Crippen LogP contribution in [0.5, 0.6) is 0 Å². The number of nitrogens with zero attached hydrogens (tertiary/aromatic N) is 1. The Morgan fingerprint density at radius 1 is 1.38 bits per heavy atom. The third-order valence-corrected chi connectivity index (χ3v) is 1.84. The number of rotatable bonds is 3. The molecule has 0 saturated carbocycles. The summed E-state index contributed by atoms with van der Waals surface area (Å²) < 4.78 is 0. The summed E-state index contributed by atoms with van der Waals surface area (Å²) in [4.78, 5) is 10.5. The SMILES string of the molecule is N#CC(=CC=Cc1ccc(N)cc1)C(=O)O. The molecule has 4 heteroatoms. The minimum atomic E-state index is -1.23. The van der Waals surface area contributed by atoms with Gasteiger partial charge in [-0.05, 0) is 23.8 Å². The molecule has 4 nitrogen and oxygen atoms in total. The molecular weight excluding hydrogens is 204 g/mol. The van der Waals surface area contributed by atoms with Crippen LogP contribution in [0.2, 0.25) is 0 Å². The quantitative estimate of drug-likeness (QED) is 0.347. The maximum absolute atomic E-state index is 10.5. The third-order valence-electron chi connectivity index (χ3n) is 1.84. The summed E-state index contributed by atoms with van der Waals surface area (Å²) in [7, 11) is 0. The molecule has 0 saturated heterocycles. The first-order chi connectivity index (χ1) is 7.63. The Labute approximate surface area is 92.9 Å². The van der Waals surface area contributed by atoms with Crippen molar-refractivity contribution in [2.24, 2.45) is 0 Å². The lowest BCUT2D eigenvalue weighted by atomic mass is 10.2. The second-order valence-corrected chi connectivity index (χ2v) is 3.02. The fourth-order valence-electron chi connectivity index (χ4n) is 1.02. The van der Waals surface area contributed by atoms with Crippen LogP contribution in [0, 0.1) is 11.3 Å². The molecule has 0 aliphatic heterocycles. The zero-order valence-corrected chi connectivity index (χ0v) is 8.42. The highest BCUT2D eigenvalue weighted by atomic mass is 16.4. The molecule has 0 aliphatic rings. The van der Waals surface area contributed by atoms with Crippen LogP contribution >= 0.6 is 0 Å². The number of nitrogen functional groups attached to an aromatic ring is 1. The highest BCUT2D eigenvalue weighted by Crippen LogP contribution is 2.07. The predicted octanol–water partition coefficient (Wildman–Crippen LogP) is 1.82. The van der Waals surface area contributed by atoms with Crippen molar-refractivity contribution in [2.75, 3.05) is 5.73 Å². The molecule has 0 aliphatic carbocycles. The zero-order chi connectivity index (χ0) is 12.0. The maximum atomic E-state index is 10.5. The maximum Gasteiger partial charge on any atom is 0.346 e. The van der Waals surface area contributed by atoms with E-state index in [0.29, 0.717) is 5.69 Å². The van der Waals surface area contributed by atoms with Crippen molar-refractivity contribution in [3.05, 3.63) is 47.6 Å². The van der Waals surface area contributed by atoms with Crippen molar-refractivity contribution in [2.45, 2.75) is 0 Å². The second-order valence-electron chi connectivity index (χ2n) is 3.02. The topological polar surface area (TPSA) is 87.1 Å². The Balaban J connectivity index is 2.79. The van der Waals surface area contributed by atoms with Gasteiger partial charge in [0.2, 0.25) is 0 Å². The van der Waals surface area contributed by atoms with Crippen LogP contribution in [0.25, 0.3) is 6.08 Å². The predicted molar refractivity (Wildman–Crippen MR) is 61.2 cm³/mol. The van der Waals surface area contributed by atoms with Crippen LogP contribution < -0.4 is 5.73 Å². The van der Waals surface area contributed by atoms with Crippen LogP contribution in [-0.2, 0) is 4.79 Å². The molecular formula is C12H10N2O2. The van der Waals surface area contributed by atoms with E-state index in [-0.39, 0.29) is 5.57 Å². The average molecular weight is 214 g/mol. The molecule has 80 valence electrons.